The maximum atomic E-state index is 2.64. The van der Waals surface area contributed by atoms with Gasteiger partial charge >= 0.3 is 0 Å². The average Bonchev–Trinajstić information content (AvgIpc) is 3.68. The van der Waals surface area contributed by atoms with Crippen LogP contribution in [0.25, 0.3) is 33.4 Å². The van der Waals surface area contributed by atoms with Gasteiger partial charge in [-0.15, -0.1) is 0 Å². The molecule has 6 aliphatic carbocycles. The van der Waals surface area contributed by atoms with Crippen molar-refractivity contribution in [2.24, 2.45) is 23.7 Å². The lowest BCUT2D eigenvalue weighted by atomic mass is 9.43. The van der Waals surface area contributed by atoms with E-state index in [1.807, 2.05) is 0 Å². The minimum atomic E-state index is -0.225. The van der Waals surface area contributed by atoms with E-state index < -0.39 is 0 Å². The van der Waals surface area contributed by atoms with Gasteiger partial charge in [0.05, 0.1) is 5.69 Å². The monoisotopic (exact) mass is 707 g/mol. The van der Waals surface area contributed by atoms with E-state index in [0.717, 1.165) is 35.0 Å². The second-order valence-electron chi connectivity index (χ2n) is 17.4. The molecule has 0 amide bonds. The fourth-order valence-corrected chi connectivity index (χ4v) is 12.9. The van der Waals surface area contributed by atoms with Gasteiger partial charge in [-0.2, -0.15) is 0 Å². The summed E-state index contributed by atoms with van der Waals surface area (Å²) in [7, 11) is 0. The molecule has 266 valence electrons. The first-order chi connectivity index (χ1) is 27.1. The van der Waals surface area contributed by atoms with Crippen molar-refractivity contribution < 1.29 is 0 Å². The Balaban J connectivity index is 0.995. The van der Waals surface area contributed by atoms with Gasteiger partial charge in [0.2, 0.25) is 0 Å². The van der Waals surface area contributed by atoms with Gasteiger partial charge in [0, 0.05) is 27.8 Å². The molecule has 0 saturated heterocycles. The Morgan fingerprint density at radius 3 is 1.55 bits per heavy atom. The van der Waals surface area contributed by atoms with Crippen LogP contribution < -0.4 is 4.90 Å². The van der Waals surface area contributed by atoms with E-state index in [-0.39, 0.29) is 10.8 Å². The maximum Gasteiger partial charge on any atom is 0.0540 e. The Morgan fingerprint density at radius 1 is 0.418 bits per heavy atom. The minimum absolute atomic E-state index is 0.146. The van der Waals surface area contributed by atoms with Crippen LogP contribution in [0.5, 0.6) is 0 Å². The molecule has 0 aliphatic heterocycles. The lowest BCUT2D eigenvalue weighted by Gasteiger charge is -2.61. The lowest BCUT2D eigenvalue weighted by Crippen LogP contribution is -2.55. The summed E-state index contributed by atoms with van der Waals surface area (Å²) in [6.45, 7) is 2.40. The first-order valence-electron chi connectivity index (χ1n) is 20.6. The third kappa shape index (κ3) is 4.30. The predicted octanol–water partition coefficient (Wildman–Crippen LogP) is 13.9. The average molecular weight is 708 g/mol. The Hall–Kier alpha value is -5.66. The zero-order valence-electron chi connectivity index (χ0n) is 31.5. The number of hydrogen-bond acceptors (Lipinski definition) is 1. The van der Waals surface area contributed by atoms with E-state index in [0.29, 0.717) is 0 Å². The van der Waals surface area contributed by atoms with Gasteiger partial charge in [-0.25, -0.2) is 0 Å². The first-order valence-corrected chi connectivity index (χ1v) is 20.6. The maximum absolute atomic E-state index is 2.64. The molecular formula is C54H45N. The van der Waals surface area contributed by atoms with E-state index >= 15 is 0 Å². The fraction of sp³-hybridized carbons (Fsp3) is 0.222. The molecule has 0 heterocycles. The van der Waals surface area contributed by atoms with Crippen molar-refractivity contribution in [2.45, 2.75) is 49.9 Å². The molecule has 4 fully saturated rings. The van der Waals surface area contributed by atoms with E-state index in [1.54, 1.807) is 11.1 Å². The van der Waals surface area contributed by atoms with Crippen LogP contribution in [0.1, 0.15) is 66.8 Å². The molecule has 6 aliphatic rings. The summed E-state index contributed by atoms with van der Waals surface area (Å²) in [5.41, 5.74) is 19.0. The van der Waals surface area contributed by atoms with Crippen LogP contribution in [0.15, 0.2) is 170 Å². The highest BCUT2D eigenvalue weighted by Gasteiger charge is 2.61. The van der Waals surface area contributed by atoms with Gasteiger partial charge in [-0.05, 0) is 155 Å². The summed E-state index contributed by atoms with van der Waals surface area (Å²) < 4.78 is 0. The van der Waals surface area contributed by atoms with Crippen LogP contribution in [0.4, 0.5) is 17.1 Å². The summed E-state index contributed by atoms with van der Waals surface area (Å²) in [6.07, 6.45) is 7.07. The van der Waals surface area contributed by atoms with Crippen molar-refractivity contribution >= 4 is 17.1 Å². The third-order valence-electron chi connectivity index (χ3n) is 14.9. The Bertz CT molecular complexity index is 2560. The Morgan fingerprint density at radius 2 is 0.909 bits per heavy atom. The van der Waals surface area contributed by atoms with Crippen molar-refractivity contribution in [3.63, 3.8) is 0 Å². The quantitative estimate of drug-likeness (QED) is 0.172. The molecule has 0 N–H and O–H groups in total. The molecule has 0 unspecified atom stereocenters. The van der Waals surface area contributed by atoms with Crippen LogP contribution >= 0.6 is 0 Å². The zero-order chi connectivity index (χ0) is 36.3. The summed E-state index contributed by atoms with van der Waals surface area (Å²) in [4.78, 5) is 2.47. The molecule has 1 nitrogen and oxygen atoms in total. The molecule has 4 bridgehead atoms. The van der Waals surface area contributed by atoms with Gasteiger partial charge in [-0.3, -0.25) is 0 Å². The number of rotatable bonds is 5. The molecule has 1 heteroatoms. The largest absolute Gasteiger partial charge is 0.310 e. The number of anilines is 3. The van der Waals surface area contributed by atoms with Crippen molar-refractivity contribution in [1.29, 1.82) is 0 Å². The van der Waals surface area contributed by atoms with Crippen molar-refractivity contribution in [1.82, 2.24) is 0 Å². The summed E-state index contributed by atoms with van der Waals surface area (Å²) in [5, 5.41) is 0. The van der Waals surface area contributed by atoms with Gasteiger partial charge in [0.25, 0.3) is 0 Å². The van der Waals surface area contributed by atoms with Crippen LogP contribution in [0, 0.1) is 23.7 Å². The fourth-order valence-electron chi connectivity index (χ4n) is 12.9. The number of para-hydroxylation sites is 2. The molecule has 55 heavy (non-hydrogen) atoms. The summed E-state index contributed by atoms with van der Waals surface area (Å²) in [6, 6.07) is 64.4. The topological polar surface area (TPSA) is 3.24 Å². The molecule has 13 rings (SSSR count). The minimum Gasteiger partial charge on any atom is -0.310 e. The standard InChI is InChI=1S/C54H45N/c1-53(48-19-9-5-16-44(48)45-17-6-10-20-49(45)53)38-24-26-42(27-25-38)55(41-13-3-2-4-14-41)52-22-12-8-15-43(52)37-23-28-47-46-18-7-11-21-50(46)54(51(47)34-37)39-30-35-29-36(32-39)33-40(54)31-35/h2-28,34-36,39-40H,29-33H2,1H3. The van der Waals surface area contributed by atoms with E-state index in [4.69, 9.17) is 0 Å². The van der Waals surface area contributed by atoms with Gasteiger partial charge in [0.15, 0.2) is 0 Å². The highest BCUT2D eigenvalue weighted by molar-refractivity contribution is 5.91. The van der Waals surface area contributed by atoms with Crippen molar-refractivity contribution in [3.05, 3.63) is 198 Å². The van der Waals surface area contributed by atoms with Crippen LogP contribution in [-0.4, -0.2) is 0 Å². The molecule has 0 radical (unpaired) electrons. The Kier molecular flexibility index (Phi) is 6.72. The number of hydrogen-bond donors (Lipinski definition) is 0. The number of benzene rings is 7. The molecular weight excluding hydrogens is 663 g/mol. The molecule has 7 aromatic rings. The number of fused-ring (bicyclic) bond motifs is 6. The summed E-state index contributed by atoms with van der Waals surface area (Å²) >= 11 is 0. The van der Waals surface area contributed by atoms with Crippen molar-refractivity contribution in [3.8, 4) is 33.4 Å². The van der Waals surface area contributed by atoms with Crippen LogP contribution in [-0.2, 0) is 10.8 Å². The highest BCUT2D eigenvalue weighted by atomic mass is 15.1. The van der Waals surface area contributed by atoms with E-state index in [1.165, 1.54) is 87.9 Å². The number of nitrogens with zero attached hydrogens (tertiary/aromatic N) is 1. The van der Waals surface area contributed by atoms with Crippen molar-refractivity contribution in [2.75, 3.05) is 4.90 Å². The second-order valence-corrected chi connectivity index (χ2v) is 17.4. The SMILES string of the molecule is CC1(c2ccc(N(c3ccccc3)c3ccccc3-c3ccc4c(c3)C3(c5ccccc5-4)C4CC5CC(C4)CC3C5)cc2)c2ccccc2-c2ccccc21. The van der Waals surface area contributed by atoms with Gasteiger partial charge in [0.1, 0.15) is 0 Å². The molecule has 0 atom stereocenters. The summed E-state index contributed by atoms with van der Waals surface area (Å²) in [5.74, 6) is 3.35. The zero-order valence-corrected chi connectivity index (χ0v) is 31.5. The van der Waals surface area contributed by atoms with E-state index in [9.17, 15) is 0 Å². The molecule has 4 saturated carbocycles. The molecule has 1 spiro atoms. The first kappa shape index (κ1) is 31.7. The predicted molar refractivity (Wildman–Crippen MR) is 227 cm³/mol. The van der Waals surface area contributed by atoms with Gasteiger partial charge < -0.3 is 4.90 Å². The second kappa shape index (κ2) is 11.7. The lowest BCUT2D eigenvalue weighted by molar-refractivity contribution is -0.0399. The third-order valence-corrected chi connectivity index (χ3v) is 14.9. The van der Waals surface area contributed by atoms with Crippen LogP contribution in [0.2, 0.25) is 0 Å². The highest BCUT2D eigenvalue weighted by Crippen LogP contribution is 2.69. The van der Waals surface area contributed by atoms with Gasteiger partial charge in [-0.1, -0.05) is 133 Å². The Labute approximate surface area is 325 Å². The van der Waals surface area contributed by atoms with E-state index in [2.05, 4.69) is 182 Å². The normalized spacial score (nSPS) is 24.3. The van der Waals surface area contributed by atoms with Crippen LogP contribution in [0.3, 0.4) is 0 Å². The molecule has 0 aromatic heterocycles. The molecule has 7 aromatic carbocycles. The smallest absolute Gasteiger partial charge is 0.0540 e.